The molecule has 0 spiro atoms. The molecule has 2 rings (SSSR count). The van der Waals surface area contributed by atoms with Crippen LogP contribution in [0.5, 0.6) is 0 Å². The molecule has 0 atom stereocenters. The van der Waals surface area contributed by atoms with Crippen molar-refractivity contribution in [1.82, 2.24) is 9.88 Å². The van der Waals surface area contributed by atoms with Crippen LogP contribution in [-0.2, 0) is 6.54 Å². The van der Waals surface area contributed by atoms with Crippen molar-refractivity contribution in [3.05, 3.63) is 34.2 Å². The molecule has 1 aromatic heterocycles. The summed E-state index contributed by atoms with van der Waals surface area (Å²) in [6, 6.07) is 4.74. The predicted molar refractivity (Wildman–Crippen MR) is 70.2 cm³/mol. The van der Waals surface area contributed by atoms with Crippen molar-refractivity contribution >= 4 is 0 Å². The summed E-state index contributed by atoms with van der Waals surface area (Å²) in [6.07, 6.45) is 7.02. The molecule has 1 aromatic rings. The zero-order chi connectivity index (χ0) is 12.3. The molecule has 3 nitrogen and oxygen atoms in total. The van der Waals surface area contributed by atoms with Crippen molar-refractivity contribution in [1.29, 1.82) is 0 Å². The van der Waals surface area contributed by atoms with Gasteiger partial charge in [0.15, 0.2) is 0 Å². The van der Waals surface area contributed by atoms with Gasteiger partial charge in [-0.2, -0.15) is 0 Å². The molecule has 0 aromatic carbocycles. The largest absolute Gasteiger partial charge is 0.313 e. The van der Waals surface area contributed by atoms with Gasteiger partial charge in [-0.15, -0.1) is 0 Å². The lowest BCUT2D eigenvalue weighted by atomic mass is 10.2. The van der Waals surface area contributed by atoms with Crippen molar-refractivity contribution in [3.8, 4) is 0 Å². The van der Waals surface area contributed by atoms with Gasteiger partial charge in [0.25, 0.3) is 5.56 Å². The Balaban J connectivity index is 2.05. The second kappa shape index (κ2) is 5.50. The number of nitrogens with one attached hydrogen (secondary N) is 1. The minimum Gasteiger partial charge on any atom is -0.313 e. The van der Waals surface area contributed by atoms with Gasteiger partial charge in [0.05, 0.1) is 0 Å². The van der Waals surface area contributed by atoms with Gasteiger partial charge >= 0.3 is 0 Å². The van der Waals surface area contributed by atoms with Crippen LogP contribution in [0.4, 0.5) is 0 Å². The molecule has 0 amide bonds. The summed E-state index contributed by atoms with van der Waals surface area (Å²) in [7, 11) is 0. The molecule has 1 N–H and O–H groups in total. The van der Waals surface area contributed by atoms with Crippen LogP contribution in [0.25, 0.3) is 0 Å². The molecule has 0 bridgehead atoms. The average Bonchev–Trinajstić information content (AvgIpc) is 2.80. The van der Waals surface area contributed by atoms with E-state index in [9.17, 15) is 4.79 Å². The average molecular weight is 234 g/mol. The van der Waals surface area contributed by atoms with E-state index in [1.54, 1.807) is 4.57 Å². The van der Waals surface area contributed by atoms with E-state index < -0.39 is 0 Å². The quantitative estimate of drug-likeness (QED) is 0.868. The van der Waals surface area contributed by atoms with Crippen molar-refractivity contribution in [2.45, 2.75) is 58.2 Å². The maximum atomic E-state index is 12.1. The van der Waals surface area contributed by atoms with E-state index in [-0.39, 0.29) is 11.6 Å². The number of hydrogen-bond donors (Lipinski definition) is 1. The fourth-order valence-electron chi connectivity index (χ4n) is 2.48. The van der Waals surface area contributed by atoms with E-state index in [1.807, 2.05) is 32.2 Å². The topological polar surface area (TPSA) is 34.0 Å². The molecule has 1 saturated carbocycles. The lowest BCUT2D eigenvalue weighted by Crippen LogP contribution is -2.31. The fourth-order valence-corrected chi connectivity index (χ4v) is 2.48. The second-order valence-electron chi connectivity index (χ2n) is 5.20. The minimum atomic E-state index is 0.146. The van der Waals surface area contributed by atoms with Gasteiger partial charge in [-0.25, -0.2) is 0 Å². The highest BCUT2D eigenvalue weighted by Crippen LogP contribution is 2.17. The second-order valence-corrected chi connectivity index (χ2v) is 5.20. The molecule has 1 aliphatic rings. The Morgan fingerprint density at radius 2 is 2.12 bits per heavy atom. The van der Waals surface area contributed by atoms with Crippen LogP contribution in [0.3, 0.4) is 0 Å². The molecule has 0 saturated heterocycles. The van der Waals surface area contributed by atoms with Gasteiger partial charge in [-0.1, -0.05) is 18.9 Å². The first-order chi connectivity index (χ1) is 8.18. The van der Waals surface area contributed by atoms with Crippen LogP contribution in [0, 0.1) is 0 Å². The molecule has 0 unspecified atom stereocenters. The number of aromatic nitrogens is 1. The van der Waals surface area contributed by atoms with E-state index in [1.165, 1.54) is 25.7 Å². The maximum Gasteiger partial charge on any atom is 0.255 e. The molecule has 0 radical (unpaired) electrons. The Hall–Kier alpha value is -1.09. The predicted octanol–water partition coefficient (Wildman–Crippen LogP) is 2.46. The highest BCUT2D eigenvalue weighted by atomic mass is 16.1. The highest BCUT2D eigenvalue weighted by Gasteiger charge is 2.14. The summed E-state index contributed by atoms with van der Waals surface area (Å²) in [5.41, 5.74) is 1.03. The molecule has 3 heteroatoms. The van der Waals surface area contributed by atoms with Gasteiger partial charge in [-0.05, 0) is 32.8 Å². The van der Waals surface area contributed by atoms with Gasteiger partial charge < -0.3 is 9.88 Å². The Labute approximate surface area is 103 Å². The van der Waals surface area contributed by atoms with Crippen LogP contribution in [0.1, 0.15) is 51.1 Å². The van der Waals surface area contributed by atoms with Crippen LogP contribution < -0.4 is 10.9 Å². The molecule has 1 aliphatic carbocycles. The summed E-state index contributed by atoms with van der Waals surface area (Å²) >= 11 is 0. The van der Waals surface area contributed by atoms with Crippen LogP contribution in [-0.4, -0.2) is 10.6 Å². The Morgan fingerprint density at radius 3 is 2.76 bits per heavy atom. The maximum absolute atomic E-state index is 12.1. The minimum absolute atomic E-state index is 0.146. The first-order valence-corrected chi connectivity index (χ1v) is 6.62. The van der Waals surface area contributed by atoms with Gasteiger partial charge in [0.1, 0.15) is 0 Å². The standard InChI is InChI=1S/C14H22N2O/c1-11(2)16-9-5-6-12(14(16)17)10-15-13-7-3-4-8-13/h5-6,9,11,13,15H,3-4,7-8,10H2,1-2H3. The molecule has 1 fully saturated rings. The van der Waals surface area contributed by atoms with Crippen LogP contribution in [0.2, 0.25) is 0 Å². The number of nitrogens with zero attached hydrogens (tertiary/aromatic N) is 1. The van der Waals surface area contributed by atoms with Crippen molar-refractivity contribution in [2.24, 2.45) is 0 Å². The normalized spacial score (nSPS) is 16.9. The summed E-state index contributed by atoms with van der Waals surface area (Å²) < 4.78 is 1.80. The highest BCUT2D eigenvalue weighted by molar-refractivity contribution is 5.11. The summed E-state index contributed by atoms with van der Waals surface area (Å²) in [6.45, 7) is 4.78. The molecule has 17 heavy (non-hydrogen) atoms. The first kappa shape index (κ1) is 12.4. The zero-order valence-corrected chi connectivity index (χ0v) is 10.8. The molecular weight excluding hydrogens is 212 g/mol. The molecule has 0 aliphatic heterocycles. The van der Waals surface area contributed by atoms with E-state index in [0.29, 0.717) is 12.6 Å². The van der Waals surface area contributed by atoms with Crippen molar-refractivity contribution in [2.75, 3.05) is 0 Å². The third-order valence-corrected chi connectivity index (χ3v) is 3.55. The monoisotopic (exact) mass is 234 g/mol. The Kier molecular flexibility index (Phi) is 4.00. The summed E-state index contributed by atoms with van der Waals surface area (Å²) in [5.74, 6) is 0. The van der Waals surface area contributed by atoms with Gasteiger partial charge in [0.2, 0.25) is 0 Å². The van der Waals surface area contributed by atoms with E-state index in [2.05, 4.69) is 5.32 Å². The van der Waals surface area contributed by atoms with Crippen LogP contribution >= 0.6 is 0 Å². The van der Waals surface area contributed by atoms with Gasteiger partial charge in [-0.3, -0.25) is 4.79 Å². The van der Waals surface area contributed by atoms with E-state index in [4.69, 9.17) is 0 Å². The number of hydrogen-bond acceptors (Lipinski definition) is 2. The zero-order valence-electron chi connectivity index (χ0n) is 10.8. The third kappa shape index (κ3) is 2.97. The Bertz CT molecular complexity index is 416. The van der Waals surface area contributed by atoms with E-state index >= 15 is 0 Å². The third-order valence-electron chi connectivity index (χ3n) is 3.55. The number of rotatable bonds is 4. The van der Waals surface area contributed by atoms with Crippen LogP contribution in [0.15, 0.2) is 23.1 Å². The van der Waals surface area contributed by atoms with Crippen molar-refractivity contribution < 1.29 is 0 Å². The smallest absolute Gasteiger partial charge is 0.255 e. The van der Waals surface area contributed by atoms with E-state index in [0.717, 1.165) is 5.56 Å². The van der Waals surface area contributed by atoms with Gasteiger partial charge in [0, 0.05) is 30.4 Å². The lowest BCUT2D eigenvalue weighted by molar-refractivity contribution is 0.514. The molecule has 1 heterocycles. The lowest BCUT2D eigenvalue weighted by Gasteiger charge is -2.14. The SMILES string of the molecule is CC(C)n1cccc(CNC2CCCC2)c1=O. The summed E-state index contributed by atoms with van der Waals surface area (Å²) in [5, 5.41) is 3.49. The molecule has 94 valence electrons. The summed E-state index contributed by atoms with van der Waals surface area (Å²) in [4.78, 5) is 12.1. The Morgan fingerprint density at radius 1 is 1.41 bits per heavy atom. The van der Waals surface area contributed by atoms with Crippen molar-refractivity contribution in [3.63, 3.8) is 0 Å². The number of pyridine rings is 1. The fraction of sp³-hybridized carbons (Fsp3) is 0.643. The first-order valence-electron chi connectivity index (χ1n) is 6.62. The molecular formula is C14H22N2O.